The van der Waals surface area contributed by atoms with Gasteiger partial charge in [0.2, 0.25) is 0 Å². The molecule has 4 heteroatoms. The highest BCUT2D eigenvalue weighted by Crippen LogP contribution is 2.36. The standard InChI is InChI=1S/C10H18O4/c1-9(5-6-11)4-3-8(14-9)10(2,13)7-12/h6,8,12-13H,3-5,7H2,1-2H3/t8-,9-,10?/m1/s1. The van der Waals surface area contributed by atoms with Crippen LogP contribution in [0.5, 0.6) is 0 Å². The average Bonchev–Trinajstić information content (AvgIpc) is 2.49. The zero-order valence-electron chi connectivity index (χ0n) is 8.69. The van der Waals surface area contributed by atoms with Crippen LogP contribution in [0.15, 0.2) is 0 Å². The van der Waals surface area contributed by atoms with Gasteiger partial charge in [-0.05, 0) is 26.7 Å². The average molecular weight is 202 g/mol. The predicted molar refractivity (Wildman–Crippen MR) is 50.9 cm³/mol. The molecule has 1 fully saturated rings. The molecule has 0 aliphatic carbocycles. The van der Waals surface area contributed by atoms with Crippen LogP contribution in [0.2, 0.25) is 0 Å². The number of ether oxygens (including phenoxy) is 1. The van der Waals surface area contributed by atoms with Crippen molar-refractivity contribution >= 4 is 6.29 Å². The van der Waals surface area contributed by atoms with Crippen LogP contribution >= 0.6 is 0 Å². The van der Waals surface area contributed by atoms with Crippen LogP contribution in [-0.4, -0.2) is 40.4 Å². The van der Waals surface area contributed by atoms with Gasteiger partial charge in [-0.15, -0.1) is 0 Å². The molecule has 1 rings (SSSR count). The van der Waals surface area contributed by atoms with E-state index in [0.29, 0.717) is 12.8 Å². The van der Waals surface area contributed by atoms with Crippen molar-refractivity contribution in [3.8, 4) is 0 Å². The van der Waals surface area contributed by atoms with Crippen LogP contribution in [0, 0.1) is 0 Å². The number of aliphatic hydroxyl groups excluding tert-OH is 1. The summed E-state index contributed by atoms with van der Waals surface area (Å²) in [4.78, 5) is 10.4. The van der Waals surface area contributed by atoms with Crippen molar-refractivity contribution < 1.29 is 19.7 Å². The summed E-state index contributed by atoms with van der Waals surface area (Å²) in [6.07, 6.45) is 2.21. The molecule has 3 atom stereocenters. The van der Waals surface area contributed by atoms with E-state index in [4.69, 9.17) is 9.84 Å². The Morgan fingerprint density at radius 3 is 2.86 bits per heavy atom. The topological polar surface area (TPSA) is 66.8 Å². The second-order valence-corrected chi connectivity index (χ2v) is 4.48. The van der Waals surface area contributed by atoms with Gasteiger partial charge in [-0.3, -0.25) is 0 Å². The van der Waals surface area contributed by atoms with Gasteiger partial charge in [0.1, 0.15) is 11.9 Å². The number of rotatable bonds is 4. The third-order valence-electron chi connectivity index (χ3n) is 2.89. The lowest BCUT2D eigenvalue weighted by molar-refractivity contribution is -0.144. The lowest BCUT2D eigenvalue weighted by Gasteiger charge is -2.30. The van der Waals surface area contributed by atoms with Crippen LogP contribution in [0.1, 0.15) is 33.1 Å². The minimum absolute atomic E-state index is 0.325. The van der Waals surface area contributed by atoms with Crippen LogP contribution in [0.25, 0.3) is 0 Å². The summed E-state index contributed by atoms with van der Waals surface area (Å²) in [7, 11) is 0. The fourth-order valence-corrected chi connectivity index (χ4v) is 1.76. The van der Waals surface area contributed by atoms with E-state index >= 15 is 0 Å². The largest absolute Gasteiger partial charge is 0.393 e. The quantitative estimate of drug-likeness (QED) is 0.642. The predicted octanol–water partition coefficient (Wildman–Crippen LogP) is 0.256. The molecule has 2 N–H and O–H groups in total. The summed E-state index contributed by atoms with van der Waals surface area (Å²) < 4.78 is 5.60. The van der Waals surface area contributed by atoms with Crippen molar-refractivity contribution in [3.63, 3.8) is 0 Å². The molecule has 1 aliphatic heterocycles. The summed E-state index contributed by atoms with van der Waals surface area (Å²) in [5.41, 5.74) is -1.67. The molecule has 0 bridgehead atoms. The number of aldehydes is 1. The Kier molecular flexibility index (Phi) is 3.29. The maximum atomic E-state index is 10.4. The van der Waals surface area contributed by atoms with E-state index in [1.807, 2.05) is 6.92 Å². The lowest BCUT2D eigenvalue weighted by atomic mass is 9.95. The molecule has 0 aromatic heterocycles. The first-order valence-electron chi connectivity index (χ1n) is 4.88. The second kappa shape index (κ2) is 3.96. The minimum atomic E-state index is -1.21. The molecule has 82 valence electrons. The molecule has 1 saturated heterocycles. The third-order valence-corrected chi connectivity index (χ3v) is 2.89. The molecule has 1 unspecified atom stereocenters. The van der Waals surface area contributed by atoms with E-state index in [1.54, 1.807) is 6.92 Å². The molecule has 0 aromatic carbocycles. The Balaban J connectivity index is 2.60. The Bertz CT molecular complexity index is 214. The van der Waals surface area contributed by atoms with Crippen LogP contribution in [-0.2, 0) is 9.53 Å². The van der Waals surface area contributed by atoms with E-state index in [1.165, 1.54) is 0 Å². The van der Waals surface area contributed by atoms with Gasteiger partial charge in [0.15, 0.2) is 0 Å². The second-order valence-electron chi connectivity index (χ2n) is 4.48. The van der Waals surface area contributed by atoms with Crippen molar-refractivity contribution in [1.82, 2.24) is 0 Å². The van der Waals surface area contributed by atoms with Gasteiger partial charge >= 0.3 is 0 Å². The fraction of sp³-hybridized carbons (Fsp3) is 0.900. The number of hydrogen-bond acceptors (Lipinski definition) is 4. The van der Waals surface area contributed by atoms with Crippen LogP contribution in [0.3, 0.4) is 0 Å². The maximum Gasteiger partial charge on any atom is 0.122 e. The molecular weight excluding hydrogens is 184 g/mol. The molecule has 0 aromatic rings. The monoisotopic (exact) mass is 202 g/mol. The van der Waals surface area contributed by atoms with Gasteiger partial charge in [0.25, 0.3) is 0 Å². The highest BCUT2D eigenvalue weighted by atomic mass is 16.5. The summed E-state index contributed by atoms with van der Waals surface area (Å²) in [5, 5.41) is 18.7. The van der Waals surface area contributed by atoms with Crippen LogP contribution < -0.4 is 0 Å². The molecule has 1 aliphatic rings. The third kappa shape index (κ3) is 2.32. The molecular formula is C10H18O4. The normalized spacial score (nSPS) is 36.7. The molecule has 0 saturated carbocycles. The Hall–Kier alpha value is -0.450. The van der Waals surface area contributed by atoms with E-state index < -0.39 is 11.2 Å². The van der Waals surface area contributed by atoms with Crippen molar-refractivity contribution in [1.29, 1.82) is 0 Å². The van der Waals surface area contributed by atoms with Crippen molar-refractivity contribution in [2.75, 3.05) is 6.61 Å². The minimum Gasteiger partial charge on any atom is -0.393 e. The first-order valence-corrected chi connectivity index (χ1v) is 4.88. The van der Waals surface area contributed by atoms with Gasteiger partial charge in [-0.25, -0.2) is 0 Å². The summed E-state index contributed by atoms with van der Waals surface area (Å²) in [5.74, 6) is 0. The molecule has 1 heterocycles. The maximum absolute atomic E-state index is 10.4. The highest BCUT2D eigenvalue weighted by molar-refractivity contribution is 5.51. The number of aliphatic hydroxyl groups is 2. The molecule has 14 heavy (non-hydrogen) atoms. The zero-order chi connectivity index (χ0) is 10.8. The summed E-state index contributed by atoms with van der Waals surface area (Å²) in [6.45, 7) is 3.08. The van der Waals surface area contributed by atoms with Gasteiger partial charge in [0.05, 0.1) is 18.3 Å². The van der Waals surface area contributed by atoms with Gasteiger partial charge in [-0.1, -0.05) is 0 Å². The molecule has 0 amide bonds. The molecule has 4 nitrogen and oxygen atoms in total. The number of carbonyl (C=O) groups is 1. The first-order chi connectivity index (χ1) is 6.43. The van der Waals surface area contributed by atoms with Crippen molar-refractivity contribution in [2.24, 2.45) is 0 Å². The molecule has 0 radical (unpaired) electrons. The SMILES string of the molecule is CC(O)(CO)[C@H]1CC[C@](C)(CC=O)O1. The highest BCUT2D eigenvalue weighted by Gasteiger charge is 2.43. The number of carbonyl (C=O) groups excluding carboxylic acids is 1. The zero-order valence-corrected chi connectivity index (χ0v) is 8.69. The molecule has 0 spiro atoms. The van der Waals surface area contributed by atoms with E-state index in [0.717, 1.165) is 12.7 Å². The van der Waals surface area contributed by atoms with Crippen LogP contribution in [0.4, 0.5) is 0 Å². The fourth-order valence-electron chi connectivity index (χ4n) is 1.76. The Morgan fingerprint density at radius 1 is 1.71 bits per heavy atom. The summed E-state index contributed by atoms with van der Waals surface area (Å²) in [6, 6.07) is 0. The van der Waals surface area contributed by atoms with Gasteiger partial charge < -0.3 is 19.7 Å². The van der Waals surface area contributed by atoms with Crippen molar-refractivity contribution in [2.45, 2.75) is 50.4 Å². The smallest absolute Gasteiger partial charge is 0.122 e. The first kappa shape index (κ1) is 11.6. The number of hydrogen-bond donors (Lipinski definition) is 2. The summed E-state index contributed by atoms with van der Waals surface area (Å²) >= 11 is 0. The van der Waals surface area contributed by atoms with E-state index in [-0.39, 0.29) is 12.7 Å². The van der Waals surface area contributed by atoms with Crippen molar-refractivity contribution in [3.05, 3.63) is 0 Å². The van der Waals surface area contributed by atoms with Gasteiger partial charge in [0, 0.05) is 6.42 Å². The van der Waals surface area contributed by atoms with E-state index in [9.17, 15) is 9.90 Å². The van der Waals surface area contributed by atoms with Gasteiger partial charge in [-0.2, -0.15) is 0 Å². The van der Waals surface area contributed by atoms with E-state index in [2.05, 4.69) is 0 Å². The Morgan fingerprint density at radius 2 is 2.36 bits per heavy atom. The Labute approximate surface area is 83.9 Å². The lowest BCUT2D eigenvalue weighted by Crippen LogP contribution is -2.44.